The fourth-order valence-electron chi connectivity index (χ4n) is 6.92. The van der Waals surface area contributed by atoms with Crippen molar-refractivity contribution in [3.63, 3.8) is 0 Å². The van der Waals surface area contributed by atoms with E-state index in [0.29, 0.717) is 12.8 Å². The van der Waals surface area contributed by atoms with Crippen LogP contribution in [0.3, 0.4) is 0 Å². The van der Waals surface area contributed by atoms with Crippen molar-refractivity contribution >= 4 is 22.1 Å². The monoisotopic (exact) mass is 841 g/mol. The Morgan fingerprint density at radius 3 is 1.11 bits per heavy atom. The van der Waals surface area contributed by atoms with E-state index in [1.165, 1.54) is 154 Å². The molecular formula is C48H81KO7S. The molecule has 0 aliphatic rings. The average Bonchev–Trinajstić information content (AvgIpc) is 3.18. The third-order valence-electron chi connectivity index (χ3n) is 10.5. The molecule has 0 saturated carbocycles. The summed E-state index contributed by atoms with van der Waals surface area (Å²) in [6.07, 6.45) is 48.1. The molecular weight excluding hydrogens is 760 g/mol. The first-order valence-electron chi connectivity index (χ1n) is 23.0. The first-order valence-corrected chi connectivity index (χ1v) is 24.5. The Balaban J connectivity index is 0.0000314. The van der Waals surface area contributed by atoms with E-state index in [0.717, 1.165) is 56.7 Å². The molecule has 0 spiro atoms. The molecule has 322 valence electrons. The zero-order valence-corrected chi connectivity index (χ0v) is 40.8. The molecule has 0 aromatic heterocycles. The molecule has 7 nitrogen and oxygen atoms in total. The molecule has 0 atom stereocenters. The van der Waals surface area contributed by atoms with Crippen molar-refractivity contribution in [2.24, 2.45) is 0 Å². The van der Waals surface area contributed by atoms with Gasteiger partial charge in [0.1, 0.15) is 10.1 Å². The van der Waals surface area contributed by atoms with E-state index in [4.69, 9.17) is 9.47 Å². The Hall–Kier alpha value is -0.814. The van der Waals surface area contributed by atoms with Crippen molar-refractivity contribution < 1.29 is 83.4 Å². The fraction of sp³-hybridized carbons (Fsp3) is 0.750. The zero-order chi connectivity index (χ0) is 40.8. The van der Waals surface area contributed by atoms with Gasteiger partial charge in [-0.25, -0.2) is 18.0 Å². The van der Waals surface area contributed by atoms with Crippen molar-refractivity contribution in [3.05, 3.63) is 53.6 Å². The smallest absolute Gasteiger partial charge is 0.744 e. The Morgan fingerprint density at radius 2 is 0.772 bits per heavy atom. The summed E-state index contributed by atoms with van der Waals surface area (Å²) in [5.74, 6) is -1.59. The molecule has 1 aromatic carbocycles. The Kier molecular flexibility index (Phi) is 40.0. The molecule has 0 aliphatic carbocycles. The number of hydrogen-bond acceptors (Lipinski definition) is 7. The van der Waals surface area contributed by atoms with E-state index in [9.17, 15) is 22.6 Å². The summed E-state index contributed by atoms with van der Waals surface area (Å²) in [6.45, 7) is 4.83. The van der Waals surface area contributed by atoms with Gasteiger partial charge in [0.2, 0.25) is 0 Å². The number of carbonyl (C=O) groups excluding carboxylic acids is 2. The maximum absolute atomic E-state index is 12.9. The van der Waals surface area contributed by atoms with Crippen LogP contribution in [0.5, 0.6) is 0 Å². The third kappa shape index (κ3) is 33.6. The van der Waals surface area contributed by atoms with Gasteiger partial charge in [0.15, 0.2) is 0 Å². The molecule has 0 radical (unpaired) electrons. The molecule has 0 saturated heterocycles. The molecule has 0 aliphatic heterocycles. The van der Waals surface area contributed by atoms with E-state index in [1.807, 2.05) is 0 Å². The van der Waals surface area contributed by atoms with Gasteiger partial charge >= 0.3 is 63.3 Å². The van der Waals surface area contributed by atoms with E-state index >= 15 is 0 Å². The maximum atomic E-state index is 12.9. The quantitative estimate of drug-likeness (QED) is 0.0213. The maximum Gasteiger partial charge on any atom is 1.00 e. The van der Waals surface area contributed by atoms with Gasteiger partial charge in [-0.15, -0.1) is 0 Å². The Labute approximate surface area is 392 Å². The van der Waals surface area contributed by atoms with Gasteiger partial charge in [0.05, 0.1) is 29.2 Å². The molecule has 0 unspecified atom stereocenters. The summed E-state index contributed by atoms with van der Waals surface area (Å²) < 4.78 is 45.8. The molecule has 57 heavy (non-hydrogen) atoms. The molecule has 0 fully saturated rings. The van der Waals surface area contributed by atoms with Crippen LogP contribution in [0.1, 0.15) is 240 Å². The standard InChI is InChI=1S/C48H82O7S.K/c1-3-5-7-9-11-13-15-17-19-21-23-25-27-29-31-33-35-37-41-54-47(49)45-40-39-44(56(51,52)53)43-46(45)48(50)55-42-38-36-34-32-30-28-26-24-22-20-18-16-14-12-10-8-6-4-2;/h29-32,39-40,43H,3-28,33-38,41-42H2,1-2H3,(H,51,52,53);/q;+1/p-1/b31-29+,32-30+;. The predicted octanol–water partition coefficient (Wildman–Crippen LogP) is 11.5. The second-order valence-electron chi connectivity index (χ2n) is 15.7. The summed E-state index contributed by atoms with van der Waals surface area (Å²) in [4.78, 5) is 25.2. The molecule has 0 N–H and O–H groups in total. The summed E-state index contributed by atoms with van der Waals surface area (Å²) in [5, 5.41) is 0. The van der Waals surface area contributed by atoms with Gasteiger partial charge in [-0.3, -0.25) is 0 Å². The van der Waals surface area contributed by atoms with E-state index in [1.54, 1.807) is 0 Å². The minimum atomic E-state index is -4.83. The number of unbranched alkanes of at least 4 members (excludes halogenated alkanes) is 28. The van der Waals surface area contributed by atoms with Crippen LogP contribution in [-0.2, 0) is 19.6 Å². The van der Waals surface area contributed by atoms with Crippen LogP contribution in [0.15, 0.2) is 47.4 Å². The van der Waals surface area contributed by atoms with Crippen molar-refractivity contribution in [2.75, 3.05) is 13.2 Å². The fourth-order valence-corrected chi connectivity index (χ4v) is 7.41. The number of benzene rings is 1. The van der Waals surface area contributed by atoms with Crippen LogP contribution >= 0.6 is 0 Å². The van der Waals surface area contributed by atoms with Gasteiger partial charge in [-0.1, -0.05) is 179 Å². The molecule has 9 heteroatoms. The summed E-state index contributed by atoms with van der Waals surface area (Å²) in [6, 6.07) is 3.10. The van der Waals surface area contributed by atoms with Crippen molar-refractivity contribution in [1.82, 2.24) is 0 Å². The van der Waals surface area contributed by atoms with Gasteiger partial charge in [0.25, 0.3) is 0 Å². The van der Waals surface area contributed by atoms with Crippen LogP contribution in [0.4, 0.5) is 0 Å². The number of esters is 2. The molecule has 0 heterocycles. The van der Waals surface area contributed by atoms with Gasteiger partial charge in [-0.2, -0.15) is 0 Å². The molecule has 1 aromatic rings. The predicted molar refractivity (Wildman–Crippen MR) is 232 cm³/mol. The van der Waals surface area contributed by atoms with Crippen molar-refractivity contribution in [1.29, 1.82) is 0 Å². The molecule has 1 rings (SSSR count). The van der Waals surface area contributed by atoms with Gasteiger partial charge < -0.3 is 14.0 Å². The molecule has 0 bridgehead atoms. The van der Waals surface area contributed by atoms with E-state index < -0.39 is 27.0 Å². The summed E-state index contributed by atoms with van der Waals surface area (Å²) in [5.41, 5.74) is -0.375. The van der Waals surface area contributed by atoms with Crippen molar-refractivity contribution in [2.45, 2.75) is 224 Å². The second kappa shape index (κ2) is 40.6. The average molecular weight is 841 g/mol. The van der Waals surface area contributed by atoms with Crippen LogP contribution in [0.2, 0.25) is 0 Å². The minimum Gasteiger partial charge on any atom is -0.744 e. The Morgan fingerprint density at radius 1 is 0.474 bits per heavy atom. The van der Waals surface area contributed by atoms with Crippen LogP contribution in [0.25, 0.3) is 0 Å². The van der Waals surface area contributed by atoms with Gasteiger partial charge in [0, 0.05) is 0 Å². The number of allylic oxidation sites excluding steroid dienone is 4. The second-order valence-corrected chi connectivity index (χ2v) is 17.1. The zero-order valence-electron chi connectivity index (χ0n) is 36.8. The largest absolute Gasteiger partial charge is 1.00 e. The van der Waals surface area contributed by atoms with Crippen molar-refractivity contribution in [3.8, 4) is 0 Å². The van der Waals surface area contributed by atoms with Crippen LogP contribution in [0, 0.1) is 0 Å². The molecule has 0 amide bonds. The first-order chi connectivity index (χ1) is 27.3. The number of hydrogen-bond donors (Lipinski definition) is 0. The number of ether oxygens (including phenoxy) is 2. The number of carbonyl (C=O) groups is 2. The summed E-state index contributed by atoms with van der Waals surface area (Å²) >= 11 is 0. The topological polar surface area (TPSA) is 110 Å². The SMILES string of the molecule is CCCCCCCCCCCCCC/C=C/CCCCOC(=O)c1ccc(S(=O)(=O)[O-])cc1C(=O)OCCCC/C=C/CCCCCCCCCCCCCC.[K+]. The normalized spacial score (nSPS) is 11.7. The summed E-state index contributed by atoms with van der Waals surface area (Å²) in [7, 11) is -4.83. The van der Waals surface area contributed by atoms with Crippen LogP contribution < -0.4 is 51.4 Å². The van der Waals surface area contributed by atoms with E-state index in [-0.39, 0.29) is 75.7 Å². The third-order valence-corrected chi connectivity index (χ3v) is 11.3. The Bertz CT molecular complexity index is 1280. The van der Waals surface area contributed by atoms with Crippen LogP contribution in [-0.4, -0.2) is 38.1 Å². The van der Waals surface area contributed by atoms with E-state index in [2.05, 4.69) is 38.2 Å². The number of rotatable bonds is 39. The first kappa shape index (κ1) is 56.2. The minimum absolute atomic E-state index is 0. The van der Waals surface area contributed by atoms with Gasteiger partial charge in [-0.05, 0) is 82.4 Å².